The minimum atomic E-state index is -1.45. The fraction of sp³-hybridized carbons (Fsp3) is 1.00. The van der Waals surface area contributed by atoms with Crippen LogP contribution in [-0.4, -0.2) is 94.3 Å². The molecule has 0 N–H and O–H groups in total. The second-order valence-electron chi connectivity index (χ2n) is 10.8. The molecule has 0 aliphatic heterocycles. The number of hydrogen-bond donors (Lipinski definition) is 0. The third kappa shape index (κ3) is 13.6. The summed E-state index contributed by atoms with van der Waals surface area (Å²) in [6.07, 6.45) is 0. The van der Waals surface area contributed by atoms with E-state index in [1.54, 1.807) is 0 Å². The van der Waals surface area contributed by atoms with E-state index in [0.717, 1.165) is 0 Å². The van der Waals surface area contributed by atoms with Crippen LogP contribution in [0, 0.1) is 0 Å². The van der Waals surface area contributed by atoms with E-state index in [4.69, 9.17) is 0 Å². The predicted molar refractivity (Wildman–Crippen MR) is 148 cm³/mol. The summed E-state index contributed by atoms with van der Waals surface area (Å²) in [4.78, 5) is 25.2. The Morgan fingerprint density at radius 1 is 0.333 bits per heavy atom. The number of rotatable bonds is 12. The van der Waals surface area contributed by atoms with E-state index >= 15 is 0 Å². The molecule has 0 bridgehead atoms. The molecule has 33 heavy (non-hydrogen) atoms. The van der Waals surface area contributed by atoms with Crippen LogP contribution in [0.5, 0.6) is 0 Å². The molecule has 0 spiro atoms. The summed E-state index contributed by atoms with van der Waals surface area (Å²) in [6.45, 7) is 33.7. The van der Waals surface area contributed by atoms with E-state index in [2.05, 4.69) is 129 Å². The van der Waals surface area contributed by atoms with Crippen LogP contribution in [0.1, 0.15) is 111 Å². The van der Waals surface area contributed by atoms with Gasteiger partial charge in [-0.3, -0.25) is 18.7 Å². The van der Waals surface area contributed by atoms with Crippen LogP contribution in [0.2, 0.25) is 0 Å². The summed E-state index contributed by atoms with van der Waals surface area (Å²) in [5.41, 5.74) is 0. The summed E-state index contributed by atoms with van der Waals surface area (Å²) >= 11 is 0. The zero-order valence-electron chi connectivity index (χ0n) is 24.6. The van der Waals surface area contributed by atoms with Crippen LogP contribution in [0.4, 0.5) is 0 Å². The molecule has 2 radical (unpaired) electrons. The maximum absolute atomic E-state index is 12.6. The van der Waals surface area contributed by atoms with Gasteiger partial charge < -0.3 is 9.79 Å². The van der Waals surface area contributed by atoms with Crippen LogP contribution < -0.4 is 9.79 Å². The van der Waals surface area contributed by atoms with Crippen molar-refractivity contribution in [2.75, 3.05) is 0 Å². The van der Waals surface area contributed by atoms with Crippen LogP contribution >= 0.6 is 16.9 Å². The summed E-state index contributed by atoms with van der Waals surface area (Å²) in [7, 11) is -2.90. The molecular formula is C24H56N4O2P2Pb. The normalized spacial score (nSPS) is 13.1. The molecule has 0 saturated heterocycles. The zero-order valence-corrected chi connectivity index (χ0v) is 30.3. The molecule has 0 unspecified atom stereocenters. The van der Waals surface area contributed by atoms with Crippen molar-refractivity contribution in [3.63, 3.8) is 0 Å². The molecule has 0 amide bonds. The van der Waals surface area contributed by atoms with Crippen molar-refractivity contribution in [3.05, 3.63) is 0 Å². The van der Waals surface area contributed by atoms with Crippen LogP contribution in [0.3, 0.4) is 0 Å². The van der Waals surface area contributed by atoms with Gasteiger partial charge in [0.2, 0.25) is 0 Å². The molecule has 9 heteroatoms. The molecule has 0 fully saturated rings. The summed E-state index contributed by atoms with van der Waals surface area (Å²) in [5, 5.41) is 0. The van der Waals surface area contributed by atoms with Crippen LogP contribution in [-0.2, 0) is 0 Å². The van der Waals surface area contributed by atoms with Crippen LogP contribution in [0.15, 0.2) is 0 Å². The second kappa shape index (κ2) is 18.7. The Hall–Kier alpha value is 1.54. The van der Waals surface area contributed by atoms with Crippen LogP contribution in [0.25, 0.3) is 0 Å². The monoisotopic (exact) mass is 702 g/mol. The minimum Gasteiger partial charge on any atom is -0.806 e. The fourth-order valence-corrected chi connectivity index (χ4v) is 7.84. The van der Waals surface area contributed by atoms with Gasteiger partial charge in [-0.2, -0.15) is 0 Å². The number of hydrogen-bond acceptors (Lipinski definition) is 6. The van der Waals surface area contributed by atoms with Gasteiger partial charge in [0.15, 0.2) is 0 Å². The zero-order chi connectivity index (χ0) is 26.1. The van der Waals surface area contributed by atoms with E-state index in [-0.39, 0.29) is 27.3 Å². The first-order valence-electron chi connectivity index (χ1n) is 12.5. The molecule has 0 aliphatic carbocycles. The molecule has 0 aromatic carbocycles. The van der Waals surface area contributed by atoms with Crippen molar-refractivity contribution in [2.45, 2.75) is 159 Å². The van der Waals surface area contributed by atoms with Crippen molar-refractivity contribution in [1.29, 1.82) is 0 Å². The third-order valence-corrected chi connectivity index (χ3v) is 10.3. The Labute approximate surface area is 230 Å². The van der Waals surface area contributed by atoms with Gasteiger partial charge in [-0.25, -0.2) is 0 Å². The Morgan fingerprint density at radius 2 is 0.424 bits per heavy atom. The topological polar surface area (TPSA) is 59.1 Å². The molecule has 6 nitrogen and oxygen atoms in total. The molecule has 0 aliphatic rings. The Balaban J connectivity index is -0.000000529. The van der Waals surface area contributed by atoms with Gasteiger partial charge in [-0.1, -0.05) is 16.9 Å². The smallest absolute Gasteiger partial charge is 0.806 e. The van der Waals surface area contributed by atoms with Crippen molar-refractivity contribution in [2.24, 2.45) is 0 Å². The van der Waals surface area contributed by atoms with Gasteiger partial charge in [-0.15, -0.1) is 0 Å². The molecule has 0 aromatic heterocycles. The second-order valence-corrected chi connectivity index (χ2v) is 13.6. The van der Waals surface area contributed by atoms with E-state index in [1.807, 2.05) is 0 Å². The Morgan fingerprint density at radius 3 is 0.485 bits per heavy atom. The summed E-state index contributed by atoms with van der Waals surface area (Å²) < 4.78 is 8.37. The summed E-state index contributed by atoms with van der Waals surface area (Å²) in [6, 6.07) is 2.47. The quantitative estimate of drug-likeness (QED) is 0.205. The molecular weight excluding hydrogens is 645 g/mol. The van der Waals surface area contributed by atoms with Gasteiger partial charge >= 0.3 is 27.3 Å². The molecule has 0 saturated carbocycles. The van der Waals surface area contributed by atoms with E-state index in [9.17, 15) is 9.79 Å². The van der Waals surface area contributed by atoms with Gasteiger partial charge in [0.05, 0.1) is 0 Å². The minimum absolute atomic E-state index is 0. The molecule has 0 atom stereocenters. The molecule has 198 valence electrons. The average Bonchev–Trinajstić information content (AvgIpc) is 2.51. The van der Waals surface area contributed by atoms with E-state index < -0.39 is 16.9 Å². The van der Waals surface area contributed by atoms with E-state index in [0.29, 0.717) is 48.3 Å². The first-order valence-corrected chi connectivity index (χ1v) is 14.8. The van der Waals surface area contributed by atoms with Gasteiger partial charge in [-0.05, 0) is 111 Å². The first kappa shape index (κ1) is 39.1. The molecule has 0 aromatic rings. The maximum Gasteiger partial charge on any atom is 2.00 e. The Bertz CT molecular complexity index is 367. The van der Waals surface area contributed by atoms with Crippen molar-refractivity contribution >= 4 is 44.2 Å². The standard InChI is InChI=1S/2C12H28N2OP.Pb/c2*1-9(2)13(10(3)4)16(15)14(11(5)6)12(7)8;/h2*9-12H,1-8H3;/q2*-1;+2. The summed E-state index contributed by atoms with van der Waals surface area (Å²) in [5.74, 6) is 0. The molecule has 0 rings (SSSR count). The van der Waals surface area contributed by atoms with Gasteiger partial charge in [0.25, 0.3) is 0 Å². The predicted octanol–water partition coefficient (Wildman–Crippen LogP) is 5.24. The van der Waals surface area contributed by atoms with Crippen molar-refractivity contribution < 1.29 is 9.79 Å². The van der Waals surface area contributed by atoms with Gasteiger partial charge in [0, 0.05) is 48.3 Å². The van der Waals surface area contributed by atoms with E-state index in [1.165, 1.54) is 0 Å². The fourth-order valence-electron chi connectivity index (χ4n) is 4.20. The first-order chi connectivity index (χ1) is 14.4. The third-order valence-electron chi connectivity index (χ3n) is 5.02. The largest absolute Gasteiger partial charge is 2.00 e. The van der Waals surface area contributed by atoms with Crippen molar-refractivity contribution in [1.82, 2.24) is 18.7 Å². The van der Waals surface area contributed by atoms with Crippen molar-refractivity contribution in [3.8, 4) is 0 Å². The molecule has 0 heterocycles. The maximum atomic E-state index is 12.6. The van der Waals surface area contributed by atoms with Gasteiger partial charge in [0.1, 0.15) is 0 Å². The Kier molecular flexibility index (Phi) is 22.2. The average molecular weight is 702 g/mol. The SMILES string of the molecule is CC(C)N(C(C)C)P([O-])N(C(C)C)C(C)C.CC(C)N(C(C)C)P([O-])N(C(C)C)C(C)C.[Pb+2]. The number of nitrogens with zero attached hydrogens (tertiary/aromatic N) is 4.